The van der Waals surface area contributed by atoms with Crippen LogP contribution in [0.4, 0.5) is 0 Å². The number of hydrogen-bond acceptors (Lipinski definition) is 3. The molecule has 1 heterocycles. The maximum atomic E-state index is 11.4. The monoisotopic (exact) mass is 293 g/mol. The van der Waals surface area contributed by atoms with Gasteiger partial charge in [0, 0.05) is 6.92 Å². The van der Waals surface area contributed by atoms with Gasteiger partial charge in [-0.05, 0) is 20.8 Å². The van der Waals surface area contributed by atoms with Gasteiger partial charge in [0.2, 0.25) is 12.1 Å². The molecule has 0 aliphatic carbocycles. The third-order valence-electron chi connectivity index (χ3n) is 1.60. The number of aromatic nitrogens is 1. The van der Waals surface area contributed by atoms with Crippen LogP contribution < -0.4 is 21.5 Å². The number of rotatable bonds is 2. The van der Waals surface area contributed by atoms with Crippen molar-refractivity contribution in [3.05, 3.63) is 16.6 Å². The van der Waals surface area contributed by atoms with E-state index in [1.54, 1.807) is 11.3 Å². The number of carbonyl (C=O) groups excluding carboxylic acids is 1. The summed E-state index contributed by atoms with van der Waals surface area (Å²) in [6.45, 7) is 7.88. The molecule has 15 heavy (non-hydrogen) atoms. The normalized spacial score (nSPS) is 10.7. The first-order valence-corrected chi connectivity index (χ1v) is 5.47. The number of nitrogens with zero attached hydrogens (tertiary/aromatic N) is 1. The zero-order valence-corrected chi connectivity index (χ0v) is 11.8. The van der Waals surface area contributed by atoms with E-state index >= 15 is 0 Å². The molecular formula is C10H16BrNO2S. The fourth-order valence-corrected chi connectivity index (χ4v) is 1.81. The number of aryl methyl sites for hydroxylation is 1. The second kappa shape index (κ2) is 5.61. The van der Waals surface area contributed by atoms with Gasteiger partial charge in [0.1, 0.15) is 5.60 Å². The zero-order chi connectivity index (χ0) is 10.8. The third-order valence-corrected chi connectivity index (χ3v) is 2.45. The summed E-state index contributed by atoms with van der Waals surface area (Å²) in [4.78, 5) is 11.4. The Labute approximate surface area is 105 Å². The summed E-state index contributed by atoms with van der Waals surface area (Å²) < 4.78 is 7.10. The van der Waals surface area contributed by atoms with E-state index in [9.17, 15) is 4.79 Å². The number of esters is 1. The van der Waals surface area contributed by atoms with Crippen LogP contribution >= 0.6 is 11.3 Å². The number of thiazole rings is 1. The molecule has 0 bridgehead atoms. The molecule has 86 valence electrons. The molecule has 0 saturated carbocycles. The van der Waals surface area contributed by atoms with Crippen molar-refractivity contribution in [2.45, 2.75) is 39.8 Å². The Morgan fingerprint density at radius 1 is 1.53 bits per heavy atom. The van der Waals surface area contributed by atoms with E-state index in [0.29, 0.717) is 6.54 Å². The fraction of sp³-hybridized carbons (Fsp3) is 0.600. The lowest BCUT2D eigenvalue weighted by atomic mass is 10.2. The second-order valence-electron chi connectivity index (χ2n) is 4.22. The van der Waals surface area contributed by atoms with E-state index < -0.39 is 5.60 Å². The molecule has 0 radical (unpaired) electrons. The summed E-state index contributed by atoms with van der Waals surface area (Å²) in [6.07, 6.45) is 0. The molecule has 0 fully saturated rings. The number of hydrogen-bond donors (Lipinski definition) is 0. The van der Waals surface area contributed by atoms with Crippen molar-refractivity contribution in [3.63, 3.8) is 0 Å². The smallest absolute Gasteiger partial charge is 0.373 e. The first-order chi connectivity index (χ1) is 6.38. The Kier molecular flexibility index (Phi) is 5.45. The lowest BCUT2D eigenvalue weighted by Crippen LogP contribution is -3.00. The fourth-order valence-electron chi connectivity index (χ4n) is 1.03. The van der Waals surface area contributed by atoms with Crippen molar-refractivity contribution in [2.75, 3.05) is 0 Å². The van der Waals surface area contributed by atoms with Crippen LogP contribution in [0.2, 0.25) is 0 Å². The zero-order valence-electron chi connectivity index (χ0n) is 9.41. The maximum Gasteiger partial charge on any atom is 0.373 e. The Morgan fingerprint density at radius 3 is 2.53 bits per heavy atom. The van der Waals surface area contributed by atoms with Gasteiger partial charge in [0.15, 0.2) is 5.69 Å². The molecule has 0 amide bonds. The molecular weight excluding hydrogens is 278 g/mol. The summed E-state index contributed by atoms with van der Waals surface area (Å²) in [5, 5.41) is 2.00. The van der Waals surface area contributed by atoms with Crippen molar-refractivity contribution in [3.8, 4) is 0 Å². The SMILES string of the molecule is Cc1csc[n+]1CC(=O)OC(C)(C)C.[Br-]. The lowest BCUT2D eigenvalue weighted by molar-refractivity contribution is -0.687. The molecule has 0 aliphatic rings. The van der Waals surface area contributed by atoms with Gasteiger partial charge in [-0.25, -0.2) is 4.79 Å². The average molecular weight is 294 g/mol. The van der Waals surface area contributed by atoms with E-state index in [1.807, 2.05) is 43.2 Å². The predicted molar refractivity (Wildman–Crippen MR) is 55.1 cm³/mol. The van der Waals surface area contributed by atoms with Gasteiger partial charge < -0.3 is 21.7 Å². The molecule has 5 heteroatoms. The van der Waals surface area contributed by atoms with Crippen molar-refractivity contribution in [1.82, 2.24) is 0 Å². The van der Waals surface area contributed by atoms with Crippen molar-refractivity contribution in [2.24, 2.45) is 0 Å². The van der Waals surface area contributed by atoms with Crippen LogP contribution in [-0.2, 0) is 16.1 Å². The van der Waals surface area contributed by atoms with Crippen LogP contribution in [0.1, 0.15) is 26.5 Å². The van der Waals surface area contributed by atoms with Gasteiger partial charge in [0.25, 0.3) is 0 Å². The van der Waals surface area contributed by atoms with Crippen LogP contribution in [0.25, 0.3) is 0 Å². The second-order valence-corrected chi connectivity index (χ2v) is 4.93. The molecule has 1 aromatic rings. The molecule has 1 aromatic heterocycles. The number of ether oxygens (including phenoxy) is 1. The molecule has 1 rings (SSSR count). The van der Waals surface area contributed by atoms with E-state index in [4.69, 9.17) is 4.74 Å². The summed E-state index contributed by atoms with van der Waals surface area (Å²) in [5.41, 5.74) is 2.60. The van der Waals surface area contributed by atoms with Gasteiger partial charge in [-0.2, -0.15) is 4.57 Å². The van der Waals surface area contributed by atoms with Gasteiger partial charge in [-0.15, -0.1) is 0 Å². The summed E-state index contributed by atoms with van der Waals surface area (Å²) in [7, 11) is 0. The quantitative estimate of drug-likeness (QED) is 0.501. The van der Waals surface area contributed by atoms with Crippen LogP contribution in [-0.4, -0.2) is 11.6 Å². The number of carbonyl (C=O) groups is 1. The maximum absolute atomic E-state index is 11.4. The average Bonchev–Trinajstić information content (AvgIpc) is 2.32. The first-order valence-electron chi connectivity index (χ1n) is 4.52. The standard InChI is InChI=1S/C10H16NO2S.BrH/c1-8-6-14-7-11(8)5-9(12)13-10(2,3)4;/h6-7H,5H2,1-4H3;1H/q+1;/p-1. The van der Waals surface area contributed by atoms with Crippen LogP contribution in [0.3, 0.4) is 0 Å². The minimum atomic E-state index is -0.401. The van der Waals surface area contributed by atoms with Crippen LogP contribution in [0, 0.1) is 6.92 Å². The molecule has 0 saturated heterocycles. The van der Waals surface area contributed by atoms with E-state index in [1.165, 1.54) is 0 Å². The Morgan fingerprint density at radius 2 is 2.13 bits per heavy atom. The lowest BCUT2D eigenvalue weighted by Gasteiger charge is -2.18. The molecule has 0 N–H and O–H groups in total. The van der Waals surface area contributed by atoms with Crippen LogP contribution in [0.5, 0.6) is 0 Å². The van der Waals surface area contributed by atoms with E-state index in [-0.39, 0.29) is 23.0 Å². The topological polar surface area (TPSA) is 30.2 Å². The summed E-state index contributed by atoms with van der Waals surface area (Å²) in [5.74, 6) is -0.191. The van der Waals surface area contributed by atoms with E-state index in [2.05, 4.69) is 0 Å². The van der Waals surface area contributed by atoms with Crippen molar-refractivity contribution in [1.29, 1.82) is 0 Å². The molecule has 0 aliphatic heterocycles. The molecule has 0 unspecified atom stereocenters. The van der Waals surface area contributed by atoms with Crippen LogP contribution in [0.15, 0.2) is 10.9 Å². The summed E-state index contributed by atoms with van der Waals surface area (Å²) >= 11 is 1.58. The third kappa shape index (κ3) is 5.28. The Hall–Kier alpha value is -0.420. The Bertz CT molecular complexity index is 330. The van der Waals surface area contributed by atoms with Crippen molar-refractivity contribution >= 4 is 17.3 Å². The highest BCUT2D eigenvalue weighted by atomic mass is 79.9. The Balaban J connectivity index is 0.00000196. The minimum absolute atomic E-state index is 0. The van der Waals surface area contributed by atoms with Gasteiger partial charge in [-0.1, -0.05) is 11.3 Å². The molecule has 0 spiro atoms. The van der Waals surface area contributed by atoms with Gasteiger partial charge >= 0.3 is 5.97 Å². The summed E-state index contributed by atoms with van der Waals surface area (Å²) in [6, 6.07) is 0. The highest BCUT2D eigenvalue weighted by molar-refractivity contribution is 7.07. The largest absolute Gasteiger partial charge is 1.00 e. The highest BCUT2D eigenvalue weighted by Crippen LogP contribution is 2.07. The predicted octanol–water partition coefficient (Wildman–Crippen LogP) is -1.31. The minimum Gasteiger partial charge on any atom is -1.00 e. The van der Waals surface area contributed by atoms with Crippen molar-refractivity contribution < 1.29 is 31.1 Å². The molecule has 0 aromatic carbocycles. The first kappa shape index (κ1) is 14.6. The van der Waals surface area contributed by atoms with E-state index in [0.717, 1.165) is 5.69 Å². The molecule has 3 nitrogen and oxygen atoms in total. The number of halogens is 1. The van der Waals surface area contributed by atoms with Gasteiger partial charge in [-0.3, -0.25) is 0 Å². The molecule has 0 atom stereocenters. The highest BCUT2D eigenvalue weighted by Gasteiger charge is 2.20. The van der Waals surface area contributed by atoms with Gasteiger partial charge in [0.05, 0.1) is 5.38 Å².